The average Bonchev–Trinajstić information content (AvgIpc) is 2.84. The Hall–Kier alpha value is -2.31. The maximum Gasteiger partial charge on any atom is 0.410 e. The number of carbonyl (C=O) groups excluding carboxylic acids is 1. The minimum Gasteiger partial charge on any atom is -0.491 e. The molecule has 1 fully saturated rings. The molecular weight excluding hydrogens is 329 g/mol. The van der Waals surface area contributed by atoms with Crippen molar-refractivity contribution in [2.45, 2.75) is 44.6 Å². The smallest absolute Gasteiger partial charge is 0.410 e. The Bertz CT molecular complexity index is 717. The second-order valence-electron chi connectivity index (χ2n) is 7.64. The summed E-state index contributed by atoms with van der Waals surface area (Å²) < 4.78 is 24.8. The monoisotopic (exact) mass is 351 g/mol. The van der Waals surface area contributed by atoms with Crippen LogP contribution in [0.1, 0.15) is 49.5 Å². The molecule has 2 heterocycles. The van der Waals surface area contributed by atoms with Gasteiger partial charge in [0, 0.05) is 24.1 Å². The zero-order valence-corrected chi connectivity index (χ0v) is 14.6. The number of nitrogens with zero attached hydrogens (tertiary/aromatic N) is 1. The topological polar surface area (TPSA) is 76.1 Å². The highest BCUT2D eigenvalue weighted by Gasteiger charge is 2.46. The number of piperidine rings is 1. The van der Waals surface area contributed by atoms with E-state index >= 15 is 0 Å². The molecule has 25 heavy (non-hydrogen) atoms. The van der Waals surface area contributed by atoms with Crippen molar-refractivity contribution >= 4 is 12.1 Å². The van der Waals surface area contributed by atoms with E-state index in [0.717, 1.165) is 5.56 Å². The van der Waals surface area contributed by atoms with Gasteiger partial charge in [-0.1, -0.05) is 6.07 Å². The van der Waals surface area contributed by atoms with Gasteiger partial charge in [-0.25, -0.2) is 14.0 Å². The summed E-state index contributed by atoms with van der Waals surface area (Å²) in [6.07, 6.45) is 0.875. The lowest BCUT2D eigenvalue weighted by Crippen LogP contribution is -2.47. The normalized spacial score (nSPS) is 18.6. The van der Waals surface area contributed by atoms with Crippen LogP contribution in [0.2, 0.25) is 0 Å². The van der Waals surface area contributed by atoms with Crippen LogP contribution in [0.5, 0.6) is 5.75 Å². The molecule has 1 saturated heterocycles. The van der Waals surface area contributed by atoms with Crippen LogP contribution in [0.25, 0.3) is 0 Å². The number of likely N-dealkylation sites (tertiary alicyclic amines) is 1. The molecule has 2 aliphatic rings. The Balaban J connectivity index is 1.79. The average molecular weight is 351 g/mol. The number of fused-ring (bicyclic) bond motifs is 2. The van der Waals surface area contributed by atoms with Gasteiger partial charge in [-0.15, -0.1) is 0 Å². The third kappa shape index (κ3) is 3.15. The predicted molar refractivity (Wildman–Crippen MR) is 87.6 cm³/mol. The zero-order chi connectivity index (χ0) is 18.4. The molecule has 0 radical (unpaired) electrons. The van der Waals surface area contributed by atoms with Crippen molar-refractivity contribution in [3.8, 4) is 5.75 Å². The highest BCUT2D eigenvalue weighted by Crippen LogP contribution is 2.47. The van der Waals surface area contributed by atoms with Gasteiger partial charge < -0.3 is 19.5 Å². The van der Waals surface area contributed by atoms with E-state index in [9.17, 15) is 19.1 Å². The number of hydrogen-bond acceptors (Lipinski definition) is 4. The van der Waals surface area contributed by atoms with Gasteiger partial charge in [0.25, 0.3) is 0 Å². The van der Waals surface area contributed by atoms with Gasteiger partial charge in [0.1, 0.15) is 22.7 Å². The standard InChI is InChI=1S/C18H22FNO5/c1-17(2,3)25-16(23)20-8-6-18(7-9-20)10-24-14-11(18)4-5-12(19)13(14)15(21)22/h4-5H,6-10H2,1-3H3,(H,21,22). The Kier molecular flexibility index (Phi) is 4.13. The minimum absolute atomic E-state index is 0.123. The molecule has 0 atom stereocenters. The molecule has 1 aromatic rings. The van der Waals surface area contributed by atoms with E-state index in [1.165, 1.54) is 6.07 Å². The van der Waals surface area contributed by atoms with Crippen molar-refractivity contribution in [1.82, 2.24) is 4.90 Å². The Morgan fingerprint density at radius 1 is 1.28 bits per heavy atom. The van der Waals surface area contributed by atoms with Gasteiger partial charge >= 0.3 is 12.1 Å². The summed E-state index contributed by atoms with van der Waals surface area (Å²) in [6, 6.07) is 2.78. The van der Waals surface area contributed by atoms with Crippen LogP contribution < -0.4 is 4.74 Å². The third-order valence-corrected chi connectivity index (χ3v) is 4.76. The maximum atomic E-state index is 13.8. The van der Waals surface area contributed by atoms with Crippen molar-refractivity contribution in [2.24, 2.45) is 0 Å². The number of carboxylic acid groups (broad SMARTS) is 1. The van der Waals surface area contributed by atoms with E-state index in [0.29, 0.717) is 32.5 Å². The second kappa shape index (κ2) is 5.89. The molecule has 1 aromatic carbocycles. The minimum atomic E-state index is -1.34. The molecule has 1 N–H and O–H groups in total. The fraction of sp³-hybridized carbons (Fsp3) is 0.556. The quantitative estimate of drug-likeness (QED) is 0.841. The lowest BCUT2D eigenvalue weighted by atomic mass is 9.74. The van der Waals surface area contributed by atoms with Crippen LogP contribution in [0, 0.1) is 5.82 Å². The van der Waals surface area contributed by atoms with E-state index in [1.54, 1.807) is 11.0 Å². The summed E-state index contributed by atoms with van der Waals surface area (Å²) in [4.78, 5) is 25.2. The number of aromatic carboxylic acids is 1. The third-order valence-electron chi connectivity index (χ3n) is 4.76. The molecule has 6 nitrogen and oxygen atoms in total. The van der Waals surface area contributed by atoms with Crippen LogP contribution >= 0.6 is 0 Å². The second-order valence-corrected chi connectivity index (χ2v) is 7.64. The van der Waals surface area contributed by atoms with E-state index < -0.39 is 23.0 Å². The number of halogens is 1. The molecule has 0 unspecified atom stereocenters. The number of hydrogen-bond donors (Lipinski definition) is 1. The number of rotatable bonds is 1. The fourth-order valence-electron chi connectivity index (χ4n) is 3.47. The van der Waals surface area contributed by atoms with E-state index in [2.05, 4.69) is 0 Å². The Morgan fingerprint density at radius 2 is 1.92 bits per heavy atom. The number of carboxylic acids is 1. The molecular formula is C18H22FNO5. The lowest BCUT2D eigenvalue weighted by Gasteiger charge is -2.38. The molecule has 0 bridgehead atoms. The lowest BCUT2D eigenvalue weighted by molar-refractivity contribution is 0.0152. The van der Waals surface area contributed by atoms with Crippen molar-refractivity contribution in [1.29, 1.82) is 0 Å². The maximum absolute atomic E-state index is 13.8. The van der Waals surface area contributed by atoms with Crippen molar-refractivity contribution in [3.05, 3.63) is 29.1 Å². The predicted octanol–water partition coefficient (Wildman–Crippen LogP) is 3.19. The van der Waals surface area contributed by atoms with E-state index in [-0.39, 0.29) is 17.3 Å². The molecule has 0 aromatic heterocycles. The van der Waals surface area contributed by atoms with Crippen molar-refractivity contribution in [3.63, 3.8) is 0 Å². The van der Waals surface area contributed by atoms with E-state index in [1.807, 2.05) is 20.8 Å². The van der Waals surface area contributed by atoms with Crippen LogP contribution in [-0.4, -0.2) is 47.4 Å². The highest BCUT2D eigenvalue weighted by molar-refractivity contribution is 5.92. The number of amides is 1. The van der Waals surface area contributed by atoms with Gasteiger partial charge in [-0.2, -0.15) is 0 Å². The summed E-state index contributed by atoms with van der Waals surface area (Å²) in [7, 11) is 0. The van der Waals surface area contributed by atoms with Gasteiger partial charge in [-0.05, 0) is 39.7 Å². The molecule has 3 rings (SSSR count). The first-order valence-electron chi connectivity index (χ1n) is 8.30. The van der Waals surface area contributed by atoms with Crippen LogP contribution in [0.4, 0.5) is 9.18 Å². The zero-order valence-electron chi connectivity index (χ0n) is 14.6. The molecule has 1 spiro atoms. The first-order valence-corrected chi connectivity index (χ1v) is 8.30. The van der Waals surface area contributed by atoms with Gasteiger partial charge in [0.15, 0.2) is 0 Å². The van der Waals surface area contributed by atoms with Crippen LogP contribution in [0.15, 0.2) is 12.1 Å². The molecule has 0 saturated carbocycles. The molecule has 7 heteroatoms. The first-order chi connectivity index (χ1) is 11.6. The SMILES string of the molecule is CC(C)(C)OC(=O)N1CCC2(CC1)COc1c2ccc(F)c1C(=O)O. The van der Waals surface area contributed by atoms with Crippen LogP contribution in [0.3, 0.4) is 0 Å². The summed E-state index contributed by atoms with van der Waals surface area (Å²) >= 11 is 0. The van der Waals surface area contributed by atoms with E-state index in [4.69, 9.17) is 9.47 Å². The largest absolute Gasteiger partial charge is 0.491 e. The molecule has 136 valence electrons. The Labute approximate surface area is 145 Å². The number of benzene rings is 1. The number of carbonyl (C=O) groups is 2. The van der Waals surface area contributed by atoms with Crippen molar-refractivity contribution in [2.75, 3.05) is 19.7 Å². The van der Waals surface area contributed by atoms with Crippen molar-refractivity contribution < 1.29 is 28.6 Å². The van der Waals surface area contributed by atoms with Gasteiger partial charge in [-0.3, -0.25) is 0 Å². The summed E-state index contributed by atoms with van der Waals surface area (Å²) in [5, 5.41) is 9.25. The highest BCUT2D eigenvalue weighted by atomic mass is 19.1. The molecule has 0 aliphatic carbocycles. The summed E-state index contributed by atoms with van der Waals surface area (Å²) in [5.74, 6) is -2.01. The van der Waals surface area contributed by atoms with Gasteiger partial charge in [0.2, 0.25) is 0 Å². The molecule has 1 amide bonds. The number of ether oxygens (including phenoxy) is 2. The summed E-state index contributed by atoms with van der Waals surface area (Å²) in [5.41, 5.74) is -0.631. The Morgan fingerprint density at radius 3 is 2.48 bits per heavy atom. The fourth-order valence-corrected chi connectivity index (χ4v) is 3.47. The van der Waals surface area contributed by atoms with Crippen LogP contribution in [-0.2, 0) is 10.2 Å². The molecule has 2 aliphatic heterocycles. The summed E-state index contributed by atoms with van der Waals surface area (Å²) in [6.45, 7) is 6.72. The van der Waals surface area contributed by atoms with Gasteiger partial charge in [0.05, 0.1) is 6.61 Å². The first kappa shape index (κ1) is 17.5.